The Balaban J connectivity index is 2.66. The quantitative estimate of drug-likeness (QED) is 0.617. The van der Waals surface area contributed by atoms with E-state index in [9.17, 15) is 0 Å². The molecule has 3 N–H and O–H groups in total. The first-order valence-electron chi connectivity index (χ1n) is 4.25. The molecule has 0 amide bonds. The number of hydrogen-bond donors (Lipinski definition) is 2. The fraction of sp³-hybridized carbons (Fsp3) is 0.625. The highest BCUT2D eigenvalue weighted by atomic mass is 15.5. The maximum Gasteiger partial charge on any atom is 0.0617 e. The number of nitrogens with one attached hydrogen (secondary N) is 1. The molecular formula is C8H17N5. The Kier molecular flexibility index (Phi) is 3.41. The molecular weight excluding hydrogens is 166 g/mol. The maximum absolute atomic E-state index is 5.64. The van der Waals surface area contributed by atoms with Gasteiger partial charge in [-0.15, -0.1) is 0 Å². The summed E-state index contributed by atoms with van der Waals surface area (Å²) in [6, 6.07) is 0.142. The minimum absolute atomic E-state index is 0.142. The summed E-state index contributed by atoms with van der Waals surface area (Å²) in [5, 5.41) is 5.99. The van der Waals surface area contributed by atoms with Crippen molar-refractivity contribution in [3.63, 3.8) is 0 Å². The van der Waals surface area contributed by atoms with Crippen LogP contribution in [0.25, 0.3) is 0 Å². The number of rotatable bonds is 4. The van der Waals surface area contributed by atoms with Crippen LogP contribution in [0.3, 0.4) is 0 Å². The third-order valence-corrected chi connectivity index (χ3v) is 1.78. The van der Waals surface area contributed by atoms with Crippen LogP contribution in [-0.2, 0) is 7.05 Å². The summed E-state index contributed by atoms with van der Waals surface area (Å²) in [7, 11) is 5.78. The Bertz CT molecular complexity index is 255. The van der Waals surface area contributed by atoms with Gasteiger partial charge in [-0.3, -0.25) is 4.68 Å². The summed E-state index contributed by atoms with van der Waals surface area (Å²) in [5.74, 6) is 0. The van der Waals surface area contributed by atoms with Crippen LogP contribution in [0.2, 0.25) is 0 Å². The van der Waals surface area contributed by atoms with Crippen molar-refractivity contribution in [1.82, 2.24) is 20.2 Å². The van der Waals surface area contributed by atoms with E-state index in [0.29, 0.717) is 6.54 Å². The van der Waals surface area contributed by atoms with Gasteiger partial charge in [0, 0.05) is 39.4 Å². The van der Waals surface area contributed by atoms with Gasteiger partial charge >= 0.3 is 0 Å². The van der Waals surface area contributed by atoms with Crippen molar-refractivity contribution in [3.8, 4) is 0 Å². The van der Waals surface area contributed by atoms with Crippen molar-refractivity contribution >= 4 is 0 Å². The molecule has 13 heavy (non-hydrogen) atoms. The van der Waals surface area contributed by atoms with Crippen LogP contribution in [0.1, 0.15) is 11.6 Å². The fourth-order valence-corrected chi connectivity index (χ4v) is 1.20. The number of aryl methyl sites for hydroxylation is 1. The molecule has 1 aromatic heterocycles. The number of nitrogens with two attached hydrogens (primary N) is 1. The highest BCUT2D eigenvalue weighted by Crippen LogP contribution is 2.09. The van der Waals surface area contributed by atoms with Crippen LogP contribution in [-0.4, -0.2) is 35.4 Å². The summed E-state index contributed by atoms with van der Waals surface area (Å²) in [5.41, 5.74) is 9.96. The largest absolute Gasteiger partial charge is 0.329 e. The zero-order chi connectivity index (χ0) is 9.84. The van der Waals surface area contributed by atoms with Crippen molar-refractivity contribution in [3.05, 3.63) is 18.0 Å². The van der Waals surface area contributed by atoms with Crippen LogP contribution in [0.15, 0.2) is 12.4 Å². The first kappa shape index (κ1) is 10.2. The van der Waals surface area contributed by atoms with E-state index in [1.165, 1.54) is 0 Å². The lowest BCUT2D eigenvalue weighted by Crippen LogP contribution is -2.37. The lowest BCUT2D eigenvalue weighted by atomic mass is 10.2. The van der Waals surface area contributed by atoms with Gasteiger partial charge in [0.25, 0.3) is 0 Å². The van der Waals surface area contributed by atoms with Gasteiger partial charge in [-0.25, -0.2) is 10.4 Å². The fourth-order valence-electron chi connectivity index (χ4n) is 1.20. The molecule has 0 aliphatic carbocycles. The topological polar surface area (TPSA) is 59.1 Å². The molecule has 0 saturated heterocycles. The minimum Gasteiger partial charge on any atom is -0.329 e. The Morgan fingerprint density at radius 1 is 1.69 bits per heavy atom. The van der Waals surface area contributed by atoms with E-state index in [1.54, 1.807) is 4.68 Å². The molecule has 1 rings (SSSR count). The Hall–Kier alpha value is -0.910. The Morgan fingerprint density at radius 3 is 2.77 bits per heavy atom. The van der Waals surface area contributed by atoms with Crippen LogP contribution in [0, 0.1) is 0 Å². The third kappa shape index (κ3) is 2.80. The zero-order valence-electron chi connectivity index (χ0n) is 8.36. The van der Waals surface area contributed by atoms with E-state index in [2.05, 4.69) is 10.5 Å². The molecule has 0 fully saturated rings. The highest BCUT2D eigenvalue weighted by Gasteiger charge is 2.10. The van der Waals surface area contributed by atoms with Gasteiger partial charge < -0.3 is 5.73 Å². The molecule has 1 aromatic rings. The van der Waals surface area contributed by atoms with Crippen molar-refractivity contribution < 1.29 is 0 Å². The molecule has 0 radical (unpaired) electrons. The van der Waals surface area contributed by atoms with E-state index in [0.717, 1.165) is 5.56 Å². The summed E-state index contributed by atoms with van der Waals surface area (Å²) in [4.78, 5) is 0. The second kappa shape index (κ2) is 4.36. The lowest BCUT2D eigenvalue weighted by Gasteiger charge is -2.20. The maximum atomic E-state index is 5.64. The number of aromatic nitrogens is 2. The Labute approximate surface area is 78.5 Å². The molecule has 1 heterocycles. The third-order valence-electron chi connectivity index (χ3n) is 1.78. The molecule has 0 saturated carbocycles. The molecule has 0 spiro atoms. The predicted octanol–water partition coefficient (Wildman–Crippen LogP) is -0.514. The average Bonchev–Trinajstić information content (AvgIpc) is 2.47. The highest BCUT2D eigenvalue weighted by molar-refractivity contribution is 5.10. The van der Waals surface area contributed by atoms with Gasteiger partial charge in [-0.2, -0.15) is 5.10 Å². The first-order valence-corrected chi connectivity index (χ1v) is 4.25. The molecule has 0 aliphatic heterocycles. The van der Waals surface area contributed by atoms with E-state index in [4.69, 9.17) is 5.73 Å². The van der Waals surface area contributed by atoms with Crippen LogP contribution in [0.4, 0.5) is 0 Å². The number of hydrazine groups is 1. The second-order valence-corrected chi connectivity index (χ2v) is 3.26. The average molecular weight is 183 g/mol. The van der Waals surface area contributed by atoms with Crippen LogP contribution < -0.4 is 11.2 Å². The summed E-state index contributed by atoms with van der Waals surface area (Å²) in [6.07, 6.45) is 3.79. The lowest BCUT2D eigenvalue weighted by molar-refractivity contribution is 0.245. The normalized spacial score (nSPS) is 13.6. The van der Waals surface area contributed by atoms with Crippen molar-refractivity contribution in [2.45, 2.75) is 6.04 Å². The zero-order valence-corrected chi connectivity index (χ0v) is 8.36. The van der Waals surface area contributed by atoms with Gasteiger partial charge in [-0.05, 0) is 0 Å². The number of nitrogens with zero attached hydrogens (tertiary/aromatic N) is 3. The molecule has 0 bridgehead atoms. The molecule has 74 valence electrons. The molecule has 1 unspecified atom stereocenters. The van der Waals surface area contributed by atoms with Gasteiger partial charge in [0.15, 0.2) is 0 Å². The standard InChI is InChI=1S/C8H17N5/c1-12(2)11-8(4-9)7-5-10-13(3)6-7/h5-6,8,11H,4,9H2,1-3H3. The molecule has 0 aromatic carbocycles. The van der Waals surface area contributed by atoms with E-state index in [1.807, 2.05) is 38.5 Å². The SMILES string of the molecule is CN(C)NC(CN)c1cnn(C)c1. The molecule has 5 heteroatoms. The van der Waals surface area contributed by atoms with Crippen molar-refractivity contribution in [2.75, 3.05) is 20.6 Å². The summed E-state index contributed by atoms with van der Waals surface area (Å²) < 4.78 is 1.77. The number of hydrogen-bond acceptors (Lipinski definition) is 4. The van der Waals surface area contributed by atoms with Crippen LogP contribution >= 0.6 is 0 Å². The van der Waals surface area contributed by atoms with Gasteiger partial charge in [0.05, 0.1) is 12.2 Å². The smallest absolute Gasteiger partial charge is 0.0617 e. The summed E-state index contributed by atoms with van der Waals surface area (Å²) >= 11 is 0. The van der Waals surface area contributed by atoms with Gasteiger partial charge in [-0.1, -0.05) is 0 Å². The van der Waals surface area contributed by atoms with E-state index < -0.39 is 0 Å². The second-order valence-electron chi connectivity index (χ2n) is 3.26. The van der Waals surface area contributed by atoms with Gasteiger partial charge in [0.2, 0.25) is 0 Å². The van der Waals surface area contributed by atoms with Crippen molar-refractivity contribution in [2.24, 2.45) is 12.8 Å². The van der Waals surface area contributed by atoms with E-state index >= 15 is 0 Å². The molecule has 0 aliphatic rings. The van der Waals surface area contributed by atoms with Gasteiger partial charge in [0.1, 0.15) is 0 Å². The molecule has 1 atom stereocenters. The first-order chi connectivity index (χ1) is 6.13. The van der Waals surface area contributed by atoms with Crippen LogP contribution in [0.5, 0.6) is 0 Å². The predicted molar refractivity (Wildman–Crippen MR) is 51.8 cm³/mol. The summed E-state index contributed by atoms with van der Waals surface area (Å²) in [6.45, 7) is 0.559. The van der Waals surface area contributed by atoms with Crippen molar-refractivity contribution in [1.29, 1.82) is 0 Å². The monoisotopic (exact) mass is 183 g/mol. The minimum atomic E-state index is 0.142. The van der Waals surface area contributed by atoms with E-state index in [-0.39, 0.29) is 6.04 Å². The molecule has 5 nitrogen and oxygen atoms in total. The Morgan fingerprint density at radius 2 is 2.38 bits per heavy atom.